The van der Waals surface area contributed by atoms with Crippen LogP contribution in [0.2, 0.25) is 0 Å². The molecule has 0 saturated heterocycles. The van der Waals surface area contributed by atoms with Crippen LogP contribution < -0.4 is 19.3 Å². The fourth-order valence-electron chi connectivity index (χ4n) is 8.05. The van der Waals surface area contributed by atoms with Crippen LogP contribution in [-0.4, -0.2) is 15.0 Å². The first-order valence-electron chi connectivity index (χ1n) is 21.0. The van der Waals surface area contributed by atoms with E-state index in [2.05, 4.69) is 0 Å². The first-order valence-corrected chi connectivity index (χ1v) is 22.2. The molecule has 5 nitrogen and oxygen atoms in total. The van der Waals surface area contributed by atoms with Gasteiger partial charge in [0.05, 0.1) is 28.0 Å². The van der Waals surface area contributed by atoms with Gasteiger partial charge in [-0.05, 0) is 100 Å². The van der Waals surface area contributed by atoms with E-state index in [1.807, 2.05) is 67.5 Å². The van der Waals surface area contributed by atoms with Crippen LogP contribution in [0.15, 0.2) is 110 Å². The maximum absolute atomic E-state index is 14.3. The molecule has 2 unspecified atom stereocenters. The summed E-state index contributed by atoms with van der Waals surface area (Å²) in [4.78, 5) is 0. The minimum Gasteiger partial charge on any atom is -0.475 e. The van der Waals surface area contributed by atoms with Gasteiger partial charge >= 0.3 is 24.7 Å². The highest BCUT2D eigenvalue weighted by Crippen LogP contribution is 2.60. The van der Waals surface area contributed by atoms with E-state index < -0.39 is 82.9 Å². The van der Waals surface area contributed by atoms with Crippen molar-refractivity contribution in [2.75, 3.05) is 0 Å². The number of hydrogen-bond acceptors (Lipinski definition) is 3. The summed E-state index contributed by atoms with van der Waals surface area (Å²) in [5.41, 5.74) is -5.86. The monoisotopic (exact) mass is 978 g/mol. The molecule has 0 N–H and O–H groups in total. The summed E-state index contributed by atoms with van der Waals surface area (Å²) in [6.07, 6.45) is -15.7. The van der Waals surface area contributed by atoms with E-state index in [0.29, 0.717) is 41.0 Å². The lowest BCUT2D eigenvalue weighted by Crippen LogP contribution is -2.28. The van der Waals surface area contributed by atoms with Crippen molar-refractivity contribution in [2.45, 2.75) is 102 Å². The first-order chi connectivity index (χ1) is 31.2. The zero-order chi connectivity index (χ0) is 49.9. The normalized spacial score (nSPS) is 16.8. The van der Waals surface area contributed by atoms with Crippen LogP contribution in [0.4, 0.5) is 52.7 Å². The quantitative estimate of drug-likeness (QED) is 0.113. The number of nitrogens with zero attached hydrogens (tertiary/aromatic N) is 2. The maximum Gasteiger partial charge on any atom is 0.416 e. The van der Waals surface area contributed by atoms with Gasteiger partial charge in [0.1, 0.15) is 0 Å². The Morgan fingerprint density at radius 3 is 1.37 bits per heavy atom. The van der Waals surface area contributed by atoms with Crippen molar-refractivity contribution in [2.24, 2.45) is 0 Å². The summed E-state index contributed by atoms with van der Waals surface area (Å²) >= 11 is 0. The van der Waals surface area contributed by atoms with Crippen molar-refractivity contribution in [1.82, 2.24) is 8.90 Å². The van der Waals surface area contributed by atoms with Gasteiger partial charge in [-0.15, -0.1) is 0 Å². The Labute approximate surface area is 384 Å². The number of ether oxygens (including phenoxy) is 2. The van der Waals surface area contributed by atoms with Crippen molar-refractivity contribution in [1.29, 1.82) is 0 Å². The second-order valence-corrected chi connectivity index (χ2v) is 21.0. The molecule has 0 fully saturated rings. The summed E-state index contributed by atoms with van der Waals surface area (Å²) in [6, 6.07) is 16.0. The summed E-state index contributed by atoms with van der Waals surface area (Å²) in [7, 11) is -2.56. The average Bonchev–Trinajstić information content (AvgIpc) is 3.56. The molecule has 2 atom stereocenters. The molecule has 0 spiro atoms. The predicted octanol–water partition coefficient (Wildman–Crippen LogP) is 15.8. The van der Waals surface area contributed by atoms with Crippen LogP contribution >= 0.6 is 8.30 Å². The Kier molecular flexibility index (Phi) is 11.5. The molecule has 2 aliphatic rings. The molecular weight excluding hydrogens is 936 g/mol. The molecule has 8 rings (SSSR count). The number of hydrogen-bond donors (Lipinski definition) is 0. The van der Waals surface area contributed by atoms with Crippen molar-refractivity contribution in [3.63, 3.8) is 0 Å². The fraction of sp³-hybridized carbons (Fsp3) is 0.320. The molecule has 0 saturated carbocycles. The minimum atomic E-state index is -5.16. The van der Waals surface area contributed by atoms with Gasteiger partial charge in [0, 0.05) is 52.2 Å². The van der Waals surface area contributed by atoms with Crippen molar-refractivity contribution in [3.05, 3.63) is 160 Å². The van der Waals surface area contributed by atoms with E-state index in [1.54, 1.807) is 36.7 Å². The summed E-state index contributed by atoms with van der Waals surface area (Å²) in [6.45, 7) is 15.3. The Hall–Kier alpha value is -5.83. The molecule has 1 aliphatic carbocycles. The number of aromatic nitrogens is 2. The van der Waals surface area contributed by atoms with E-state index >= 15 is 0 Å². The van der Waals surface area contributed by atoms with Crippen LogP contribution in [0.1, 0.15) is 105 Å². The second-order valence-electron chi connectivity index (χ2n) is 19.3. The highest BCUT2D eigenvalue weighted by Gasteiger charge is 2.47. The number of fused-ring (bicyclic) bond motifs is 2. The van der Waals surface area contributed by atoms with Gasteiger partial charge in [-0.3, -0.25) is 4.34 Å². The molecule has 0 radical (unpaired) electrons. The number of benzene rings is 4. The molecule has 68 heavy (non-hydrogen) atoms. The molecule has 2 aromatic heterocycles. The fourth-order valence-corrected chi connectivity index (χ4v) is 9.73. The highest BCUT2D eigenvalue weighted by molar-refractivity contribution is 7.59. The third kappa shape index (κ3) is 9.34. The van der Waals surface area contributed by atoms with Crippen molar-refractivity contribution >= 4 is 24.9 Å². The minimum absolute atomic E-state index is 0.0365. The average molecular weight is 979 g/mol. The van der Waals surface area contributed by atoms with E-state index in [4.69, 9.17) is 14.0 Å². The van der Waals surface area contributed by atoms with E-state index in [9.17, 15) is 52.7 Å². The Morgan fingerprint density at radius 1 is 0.515 bits per heavy atom. The van der Waals surface area contributed by atoms with Crippen LogP contribution in [-0.2, 0) is 41.0 Å². The summed E-state index contributed by atoms with van der Waals surface area (Å²) in [5.74, 6) is 0.147. The topological polar surface area (TPSA) is 37.5 Å². The van der Waals surface area contributed by atoms with Gasteiger partial charge in [0.2, 0.25) is 8.30 Å². The molecule has 360 valence electrons. The van der Waals surface area contributed by atoms with Crippen LogP contribution in [0.3, 0.4) is 0 Å². The van der Waals surface area contributed by atoms with Crippen LogP contribution in [0.25, 0.3) is 11.3 Å². The van der Waals surface area contributed by atoms with Gasteiger partial charge < -0.3 is 18.6 Å². The third-order valence-corrected chi connectivity index (χ3v) is 13.7. The molecule has 4 aromatic carbocycles. The molecule has 0 bridgehead atoms. The predicted molar refractivity (Wildman–Crippen MR) is 234 cm³/mol. The van der Waals surface area contributed by atoms with Gasteiger partial charge in [0.25, 0.3) is 0 Å². The Morgan fingerprint density at radius 2 is 0.926 bits per heavy atom. The number of alkyl halides is 12. The third-order valence-electron chi connectivity index (χ3n) is 11.9. The highest BCUT2D eigenvalue weighted by atomic mass is 31.2. The van der Waals surface area contributed by atoms with E-state index in [1.165, 1.54) is 33.4 Å². The number of rotatable bonds is 8. The van der Waals surface area contributed by atoms with Gasteiger partial charge in [-0.1, -0.05) is 67.5 Å². The number of halogens is 12. The molecule has 3 heterocycles. The van der Waals surface area contributed by atoms with Gasteiger partial charge in [-0.25, -0.2) is 0 Å². The van der Waals surface area contributed by atoms with Crippen molar-refractivity contribution in [3.8, 4) is 23.0 Å². The largest absolute Gasteiger partial charge is 0.475 e. The Balaban J connectivity index is 1.31. The molecular formula is C50H43F12N2O3P. The second kappa shape index (κ2) is 16.1. The van der Waals surface area contributed by atoms with Crippen molar-refractivity contribution < 1.29 is 66.7 Å². The van der Waals surface area contributed by atoms with Crippen LogP contribution in [0.5, 0.6) is 23.0 Å². The van der Waals surface area contributed by atoms with Gasteiger partial charge in [0.15, 0.2) is 29.1 Å². The maximum atomic E-state index is 14.3. The molecule has 6 aromatic rings. The molecule has 18 heteroatoms. The summed E-state index contributed by atoms with van der Waals surface area (Å²) < 4.78 is 194. The standard InChI is InChI=1S/C50H43F12N2O3P/c1-44(2,3)28-23-35-41(37(25-28)65-43-39(40(43)63-13-9-10-14-63)27-17-30(47(51,52)53)19-31(18-27)48(54,55)56)66-42-36(46(35,7)8)24-29(45(4,5)6)26-38(42)67-68(64-15-11-12-16-64)34-21-32(49(57,58)59)20-33(22-34)50(60,61)62/h9-26,43H,1-8H3. The van der Waals surface area contributed by atoms with E-state index in [0.717, 1.165) is 5.56 Å². The summed E-state index contributed by atoms with van der Waals surface area (Å²) in [5, 5.41) is -0.421. The lowest BCUT2D eigenvalue weighted by atomic mass is 9.72. The molecule has 1 aliphatic heterocycles. The SMILES string of the molecule is CC(C)(C)c1cc(OC2C(c3cc(C(F)(F)F)cc(C(F)(F)F)c3)=C2n2cccc2)c2c(c1)C(C)(C)c1cc(C(C)(C)C)cc(OP(c3cc(C(F)(F)F)cc(C(F)(F)F)c3)n3cccc3)c1O2. The Bertz CT molecular complexity index is 2870. The van der Waals surface area contributed by atoms with E-state index in [-0.39, 0.29) is 52.0 Å². The zero-order valence-electron chi connectivity index (χ0n) is 37.6. The zero-order valence-corrected chi connectivity index (χ0v) is 38.5. The molecule has 0 amide bonds. The van der Waals surface area contributed by atoms with Crippen LogP contribution in [0, 0.1) is 0 Å². The first kappa shape index (κ1) is 48.6. The smallest absolute Gasteiger partial charge is 0.416 e. The lowest BCUT2D eigenvalue weighted by molar-refractivity contribution is -0.144. The van der Waals surface area contributed by atoms with Gasteiger partial charge in [-0.2, -0.15) is 52.7 Å². The lowest BCUT2D eigenvalue weighted by Gasteiger charge is -2.39.